The fourth-order valence-electron chi connectivity index (χ4n) is 3.41. The Labute approximate surface area is 184 Å². The van der Waals surface area contributed by atoms with E-state index in [4.69, 9.17) is 4.43 Å². The summed E-state index contributed by atoms with van der Waals surface area (Å²) in [7, 11) is -2.02. The van der Waals surface area contributed by atoms with Gasteiger partial charge in [-0.2, -0.15) is 0 Å². The fraction of sp³-hybridized carbons (Fsp3) is 0.885. The van der Waals surface area contributed by atoms with E-state index < -0.39 is 8.32 Å². The van der Waals surface area contributed by atoms with Crippen LogP contribution in [0.4, 0.5) is 0 Å². The van der Waals surface area contributed by atoms with Crippen LogP contribution in [-0.2, 0) is 9.22 Å². The number of hydrogen-bond acceptors (Lipinski definition) is 2. The van der Waals surface area contributed by atoms with E-state index in [9.17, 15) is 4.79 Å². The molecule has 172 valence electrons. The second kappa shape index (κ2) is 13.7. The minimum absolute atomic E-state index is 0.0613. The molecule has 0 amide bonds. The molecule has 0 aromatic heterocycles. The molecular formula is C26H52O2Si. The first-order valence-corrected chi connectivity index (χ1v) is 15.1. The molecule has 0 saturated carbocycles. The Morgan fingerprint density at radius 3 is 1.76 bits per heavy atom. The molecule has 0 unspecified atom stereocenters. The average Bonchev–Trinajstić information content (AvgIpc) is 2.52. The van der Waals surface area contributed by atoms with E-state index >= 15 is 0 Å². The van der Waals surface area contributed by atoms with E-state index in [1.165, 1.54) is 51.4 Å². The Morgan fingerprint density at radius 1 is 0.862 bits per heavy atom. The maximum absolute atomic E-state index is 12.3. The SMILES string of the molecule is C/C(=C\C(=O)O[Si](C)(C)C(C)(C)C)CCC[C@H](C)CCC[C@H](C)CCCC(C)C. The molecule has 0 aliphatic rings. The highest BCUT2D eigenvalue weighted by Crippen LogP contribution is 2.36. The van der Waals surface area contributed by atoms with E-state index in [2.05, 4.69) is 68.5 Å². The van der Waals surface area contributed by atoms with Crippen molar-refractivity contribution in [3.8, 4) is 0 Å². The van der Waals surface area contributed by atoms with Crippen LogP contribution in [0.1, 0.15) is 113 Å². The molecule has 0 aromatic carbocycles. The van der Waals surface area contributed by atoms with Crippen molar-refractivity contribution in [1.29, 1.82) is 0 Å². The Morgan fingerprint density at radius 2 is 1.31 bits per heavy atom. The lowest BCUT2D eigenvalue weighted by atomic mass is 9.91. The van der Waals surface area contributed by atoms with Crippen molar-refractivity contribution in [2.75, 3.05) is 0 Å². The van der Waals surface area contributed by atoms with Gasteiger partial charge in [0.2, 0.25) is 0 Å². The van der Waals surface area contributed by atoms with Crippen LogP contribution in [0.15, 0.2) is 11.6 Å². The van der Waals surface area contributed by atoms with Gasteiger partial charge in [-0.25, -0.2) is 4.79 Å². The van der Waals surface area contributed by atoms with Gasteiger partial charge in [-0.15, -0.1) is 0 Å². The fourth-order valence-corrected chi connectivity index (χ4v) is 4.28. The first-order chi connectivity index (χ1) is 13.2. The van der Waals surface area contributed by atoms with Crippen molar-refractivity contribution in [1.82, 2.24) is 0 Å². The van der Waals surface area contributed by atoms with Crippen molar-refractivity contribution < 1.29 is 9.22 Å². The normalized spacial score (nSPS) is 15.5. The molecular weight excluding hydrogens is 372 g/mol. The zero-order valence-electron chi connectivity index (χ0n) is 21.5. The van der Waals surface area contributed by atoms with Crippen LogP contribution in [0.2, 0.25) is 18.1 Å². The van der Waals surface area contributed by atoms with Crippen molar-refractivity contribution in [3.05, 3.63) is 11.6 Å². The molecule has 2 atom stereocenters. The summed E-state index contributed by atoms with van der Waals surface area (Å²) in [6, 6.07) is 0. The lowest BCUT2D eigenvalue weighted by molar-refractivity contribution is -0.130. The number of carbonyl (C=O) groups is 1. The molecule has 0 aliphatic heterocycles. The molecule has 29 heavy (non-hydrogen) atoms. The summed E-state index contributed by atoms with van der Waals surface area (Å²) in [6.07, 6.45) is 13.4. The molecule has 2 nitrogen and oxygen atoms in total. The van der Waals surface area contributed by atoms with E-state index in [1.54, 1.807) is 6.08 Å². The highest BCUT2D eigenvalue weighted by atomic mass is 28.4. The minimum Gasteiger partial charge on any atom is -0.516 e. The van der Waals surface area contributed by atoms with Crippen molar-refractivity contribution in [3.63, 3.8) is 0 Å². The molecule has 0 heterocycles. The standard InChI is InChI=1S/C26H52O2Si/c1-21(2)14-11-15-22(3)16-12-17-23(4)18-13-19-24(5)20-25(27)28-29(9,10)26(6,7)8/h20-23H,11-19H2,1-10H3/b24-20+/t22-,23-/m1/s1. The largest absolute Gasteiger partial charge is 0.516 e. The molecule has 0 fully saturated rings. The molecule has 0 saturated heterocycles. The monoisotopic (exact) mass is 424 g/mol. The van der Waals surface area contributed by atoms with E-state index in [-0.39, 0.29) is 11.0 Å². The van der Waals surface area contributed by atoms with Crippen LogP contribution in [0.3, 0.4) is 0 Å². The number of hydrogen-bond donors (Lipinski definition) is 0. The topological polar surface area (TPSA) is 26.3 Å². The van der Waals surface area contributed by atoms with Gasteiger partial charge in [0.25, 0.3) is 8.32 Å². The molecule has 0 aliphatic carbocycles. The molecule has 0 rings (SSSR count). The van der Waals surface area contributed by atoms with Gasteiger partial charge in [-0.3, -0.25) is 0 Å². The summed E-state index contributed by atoms with van der Waals surface area (Å²) < 4.78 is 5.84. The smallest absolute Gasteiger partial charge is 0.317 e. The third-order valence-electron chi connectivity index (χ3n) is 6.67. The average molecular weight is 425 g/mol. The Balaban J connectivity index is 4.04. The van der Waals surface area contributed by atoms with Gasteiger partial charge in [-0.1, -0.05) is 99.0 Å². The summed E-state index contributed by atoms with van der Waals surface area (Å²) >= 11 is 0. The summed E-state index contributed by atoms with van der Waals surface area (Å²) in [5.41, 5.74) is 1.15. The highest BCUT2D eigenvalue weighted by Gasteiger charge is 2.40. The quantitative estimate of drug-likeness (QED) is 0.205. The minimum atomic E-state index is -2.02. The van der Waals surface area contributed by atoms with Crippen molar-refractivity contribution in [2.45, 2.75) is 131 Å². The molecule has 0 N–H and O–H groups in total. The van der Waals surface area contributed by atoms with E-state index in [1.807, 2.05) is 0 Å². The summed E-state index contributed by atoms with van der Waals surface area (Å²) in [4.78, 5) is 12.3. The van der Waals surface area contributed by atoms with Crippen molar-refractivity contribution in [2.24, 2.45) is 17.8 Å². The van der Waals surface area contributed by atoms with Crippen molar-refractivity contribution >= 4 is 14.3 Å². The maximum atomic E-state index is 12.3. The third kappa shape index (κ3) is 14.1. The highest BCUT2D eigenvalue weighted by molar-refractivity contribution is 6.75. The van der Waals surface area contributed by atoms with E-state index in [0.717, 1.165) is 29.7 Å². The summed E-state index contributed by atoms with van der Waals surface area (Å²) in [6.45, 7) is 22.3. The summed E-state index contributed by atoms with van der Waals surface area (Å²) in [5.74, 6) is 2.35. The second-order valence-electron chi connectivity index (χ2n) is 11.5. The van der Waals surface area contributed by atoms with Gasteiger partial charge >= 0.3 is 5.97 Å². The number of allylic oxidation sites excluding steroid dienone is 1. The van der Waals surface area contributed by atoms with Gasteiger partial charge in [0, 0.05) is 6.08 Å². The van der Waals surface area contributed by atoms with Gasteiger partial charge < -0.3 is 4.43 Å². The Kier molecular flexibility index (Phi) is 13.4. The van der Waals surface area contributed by atoms with Crippen LogP contribution in [0, 0.1) is 17.8 Å². The lowest BCUT2D eigenvalue weighted by Crippen LogP contribution is -2.42. The molecule has 0 radical (unpaired) electrons. The number of carbonyl (C=O) groups excluding carboxylic acids is 1. The van der Waals surface area contributed by atoms with E-state index in [0.29, 0.717) is 0 Å². The second-order valence-corrected chi connectivity index (χ2v) is 16.3. The van der Waals surface area contributed by atoms with Crippen LogP contribution in [0.25, 0.3) is 0 Å². The van der Waals surface area contributed by atoms with Crippen LogP contribution >= 0.6 is 0 Å². The first-order valence-electron chi connectivity index (χ1n) is 12.1. The number of rotatable bonds is 14. The van der Waals surface area contributed by atoms with Gasteiger partial charge in [-0.05, 0) is 55.7 Å². The predicted octanol–water partition coefficient (Wildman–Crippen LogP) is 8.92. The van der Waals surface area contributed by atoms with Crippen LogP contribution < -0.4 is 0 Å². The molecule has 3 heteroatoms. The maximum Gasteiger partial charge on any atom is 0.317 e. The zero-order chi connectivity index (χ0) is 22.7. The summed E-state index contributed by atoms with van der Waals surface area (Å²) in [5, 5.41) is 0.0613. The first kappa shape index (κ1) is 28.4. The Hall–Kier alpha value is -0.573. The molecule has 0 bridgehead atoms. The van der Waals surface area contributed by atoms with Gasteiger partial charge in [0.15, 0.2) is 0 Å². The zero-order valence-corrected chi connectivity index (χ0v) is 22.5. The van der Waals surface area contributed by atoms with Gasteiger partial charge in [0.05, 0.1) is 0 Å². The Bertz CT molecular complexity index is 485. The predicted molar refractivity (Wildman–Crippen MR) is 132 cm³/mol. The lowest BCUT2D eigenvalue weighted by Gasteiger charge is -2.35. The molecule has 0 spiro atoms. The van der Waals surface area contributed by atoms with Crippen LogP contribution in [0.5, 0.6) is 0 Å². The van der Waals surface area contributed by atoms with Gasteiger partial charge in [0.1, 0.15) is 0 Å². The van der Waals surface area contributed by atoms with Crippen LogP contribution in [-0.4, -0.2) is 14.3 Å². The molecule has 0 aromatic rings. The third-order valence-corrected chi connectivity index (χ3v) is 11.0.